The molecule has 19 heavy (non-hydrogen) atoms. The maximum absolute atomic E-state index is 10.9. The van der Waals surface area contributed by atoms with Gasteiger partial charge in [-0.1, -0.05) is 18.0 Å². The molecule has 0 heterocycles. The Balaban J connectivity index is 3.09. The van der Waals surface area contributed by atoms with E-state index in [2.05, 4.69) is 34.8 Å². The largest absolute Gasteiger partial charge is 0.411 e. The lowest BCUT2D eigenvalue weighted by atomic mass is 10.2. The zero-order chi connectivity index (χ0) is 14.3. The van der Waals surface area contributed by atoms with Crippen molar-refractivity contribution in [3.63, 3.8) is 0 Å². The second-order valence-electron chi connectivity index (χ2n) is 4.86. The Bertz CT molecular complexity index is 245. The minimum atomic E-state index is -0.343. The molecule has 0 atom stereocenters. The second kappa shape index (κ2) is 13.3. The summed E-state index contributed by atoms with van der Waals surface area (Å²) in [6.07, 6.45) is 6.48. The van der Waals surface area contributed by atoms with Crippen LogP contribution in [0.4, 0.5) is 0 Å². The molecule has 6 heteroatoms. The van der Waals surface area contributed by atoms with Crippen LogP contribution in [0.5, 0.6) is 0 Å². The van der Waals surface area contributed by atoms with Crippen molar-refractivity contribution in [1.82, 2.24) is 15.5 Å². The van der Waals surface area contributed by atoms with Crippen LogP contribution in [0.25, 0.3) is 0 Å². The average molecular weight is 272 g/mol. The van der Waals surface area contributed by atoms with Gasteiger partial charge in [0.05, 0.1) is 0 Å². The van der Waals surface area contributed by atoms with E-state index in [1.165, 1.54) is 19.3 Å². The molecule has 1 amide bonds. The molecule has 0 aromatic carbocycles. The van der Waals surface area contributed by atoms with Crippen molar-refractivity contribution in [3.8, 4) is 0 Å². The maximum atomic E-state index is 10.9. The summed E-state index contributed by atoms with van der Waals surface area (Å²) in [5.41, 5.74) is 0. The van der Waals surface area contributed by atoms with E-state index in [1.54, 1.807) is 0 Å². The molecule has 0 aliphatic heterocycles. The molecule has 0 aliphatic carbocycles. The molecule has 0 saturated carbocycles. The molecule has 0 aromatic rings. The van der Waals surface area contributed by atoms with Crippen LogP contribution in [0, 0.1) is 0 Å². The van der Waals surface area contributed by atoms with Crippen molar-refractivity contribution in [1.29, 1.82) is 0 Å². The van der Waals surface area contributed by atoms with Gasteiger partial charge in [-0.15, -0.1) is 0 Å². The molecule has 0 unspecified atom stereocenters. The molecule has 0 radical (unpaired) electrons. The highest BCUT2D eigenvalue weighted by Gasteiger charge is 1.95. The molecule has 0 aromatic heterocycles. The summed E-state index contributed by atoms with van der Waals surface area (Å²) in [6, 6.07) is 0. The molecule has 0 spiro atoms. The summed E-state index contributed by atoms with van der Waals surface area (Å²) >= 11 is 0. The van der Waals surface area contributed by atoms with Gasteiger partial charge < -0.3 is 20.7 Å². The summed E-state index contributed by atoms with van der Waals surface area (Å²) in [4.78, 5) is 13.1. The van der Waals surface area contributed by atoms with Gasteiger partial charge in [-0.3, -0.25) is 4.79 Å². The zero-order valence-corrected chi connectivity index (χ0v) is 12.2. The molecular formula is C13H28N4O2. The first-order valence-electron chi connectivity index (χ1n) is 6.97. The van der Waals surface area contributed by atoms with Crippen molar-refractivity contribution in [2.75, 3.05) is 40.3 Å². The summed E-state index contributed by atoms with van der Waals surface area (Å²) in [5.74, 6) is -0.343. The van der Waals surface area contributed by atoms with Crippen molar-refractivity contribution < 1.29 is 10.0 Å². The third kappa shape index (κ3) is 14.8. The van der Waals surface area contributed by atoms with Gasteiger partial charge in [-0.25, -0.2) is 0 Å². The van der Waals surface area contributed by atoms with Crippen LogP contribution in [0.1, 0.15) is 32.1 Å². The number of hydrogen-bond acceptors (Lipinski definition) is 5. The van der Waals surface area contributed by atoms with Crippen LogP contribution in [-0.4, -0.2) is 62.5 Å². The first-order chi connectivity index (χ1) is 9.16. The summed E-state index contributed by atoms with van der Waals surface area (Å²) in [7, 11) is 4.18. The number of rotatable bonds is 12. The number of nitrogens with zero attached hydrogens (tertiary/aromatic N) is 2. The minimum absolute atomic E-state index is 0.343. The van der Waals surface area contributed by atoms with Crippen LogP contribution in [0.3, 0.4) is 0 Å². The lowest BCUT2D eigenvalue weighted by Crippen LogP contribution is -2.25. The summed E-state index contributed by atoms with van der Waals surface area (Å²) < 4.78 is 0. The van der Waals surface area contributed by atoms with Crippen LogP contribution >= 0.6 is 0 Å². The molecule has 112 valence electrons. The number of hydrogen-bond donors (Lipinski definition) is 3. The average Bonchev–Trinajstić information content (AvgIpc) is 2.36. The Morgan fingerprint density at radius 1 is 1.11 bits per heavy atom. The molecule has 0 rings (SSSR count). The first-order valence-corrected chi connectivity index (χ1v) is 6.97. The zero-order valence-electron chi connectivity index (χ0n) is 12.2. The van der Waals surface area contributed by atoms with E-state index in [4.69, 9.17) is 5.21 Å². The van der Waals surface area contributed by atoms with Gasteiger partial charge in [0.15, 0.2) is 0 Å². The predicted octanol–water partition coefficient (Wildman–Crippen LogP) is 0.664. The Kier molecular flexibility index (Phi) is 12.5. The fourth-order valence-electron chi connectivity index (χ4n) is 1.68. The third-order valence-corrected chi connectivity index (χ3v) is 2.71. The summed E-state index contributed by atoms with van der Waals surface area (Å²) in [5, 5.41) is 16.9. The lowest BCUT2D eigenvalue weighted by Gasteiger charge is -2.09. The second-order valence-corrected chi connectivity index (χ2v) is 4.86. The third-order valence-electron chi connectivity index (χ3n) is 2.71. The van der Waals surface area contributed by atoms with Crippen molar-refractivity contribution in [2.24, 2.45) is 5.16 Å². The molecule has 3 N–H and O–H groups in total. The Labute approximate surface area is 116 Å². The van der Waals surface area contributed by atoms with Gasteiger partial charge in [0.2, 0.25) is 0 Å². The van der Waals surface area contributed by atoms with E-state index >= 15 is 0 Å². The minimum Gasteiger partial charge on any atom is -0.411 e. The first kappa shape index (κ1) is 17.9. The molecule has 0 saturated heterocycles. The van der Waals surface area contributed by atoms with Crippen LogP contribution in [-0.2, 0) is 4.79 Å². The van der Waals surface area contributed by atoms with E-state index < -0.39 is 0 Å². The topological polar surface area (TPSA) is 77.0 Å². The van der Waals surface area contributed by atoms with E-state index in [-0.39, 0.29) is 5.91 Å². The smallest absolute Gasteiger partial charge is 0.265 e. The number of carbonyl (C=O) groups is 1. The monoisotopic (exact) mass is 272 g/mol. The van der Waals surface area contributed by atoms with Gasteiger partial charge in [0, 0.05) is 6.54 Å². The molecule has 0 fully saturated rings. The molecule has 6 nitrogen and oxygen atoms in total. The fourth-order valence-corrected chi connectivity index (χ4v) is 1.68. The highest BCUT2D eigenvalue weighted by atomic mass is 16.4. The normalized spacial score (nSPS) is 11.3. The Morgan fingerprint density at radius 2 is 1.74 bits per heavy atom. The standard InChI is InChI=1S/C13H28N4O2/c1-17(2)11-7-9-14-8-5-3-4-6-10-15-13(18)12-16-19/h12,14,19H,3-11H2,1-2H3,(H,15,18)/b16-12-. The van der Waals surface area contributed by atoms with Gasteiger partial charge in [-0.05, 0) is 53.0 Å². The number of nitrogens with one attached hydrogen (secondary N) is 2. The van der Waals surface area contributed by atoms with Gasteiger partial charge in [-0.2, -0.15) is 0 Å². The van der Waals surface area contributed by atoms with Crippen LogP contribution < -0.4 is 10.6 Å². The SMILES string of the molecule is CN(C)CCCNCCCCCCNC(=O)/C=N\O. The Morgan fingerprint density at radius 3 is 2.37 bits per heavy atom. The number of carbonyl (C=O) groups excluding carboxylic acids is 1. The van der Waals surface area contributed by atoms with E-state index in [1.807, 2.05) is 0 Å². The van der Waals surface area contributed by atoms with Gasteiger partial charge >= 0.3 is 0 Å². The fraction of sp³-hybridized carbons (Fsp3) is 0.846. The molecule has 0 bridgehead atoms. The highest BCUT2D eigenvalue weighted by molar-refractivity contribution is 6.25. The van der Waals surface area contributed by atoms with Gasteiger partial charge in [0.25, 0.3) is 5.91 Å². The number of oxime groups is 1. The van der Waals surface area contributed by atoms with E-state index in [9.17, 15) is 4.79 Å². The number of amides is 1. The maximum Gasteiger partial charge on any atom is 0.265 e. The predicted molar refractivity (Wildman–Crippen MR) is 77.8 cm³/mol. The number of unbranched alkanes of at least 4 members (excludes halogenated alkanes) is 3. The Hall–Kier alpha value is -1.14. The molecular weight excluding hydrogens is 244 g/mol. The summed E-state index contributed by atoms with van der Waals surface area (Å²) in [6.45, 7) is 3.91. The quantitative estimate of drug-likeness (QED) is 0.211. The van der Waals surface area contributed by atoms with Crippen molar-refractivity contribution >= 4 is 12.1 Å². The van der Waals surface area contributed by atoms with Crippen molar-refractivity contribution in [2.45, 2.75) is 32.1 Å². The van der Waals surface area contributed by atoms with Crippen LogP contribution in [0.2, 0.25) is 0 Å². The molecule has 0 aliphatic rings. The van der Waals surface area contributed by atoms with E-state index in [0.29, 0.717) is 6.54 Å². The van der Waals surface area contributed by atoms with Gasteiger partial charge in [0.1, 0.15) is 6.21 Å². The highest BCUT2D eigenvalue weighted by Crippen LogP contribution is 1.97. The van der Waals surface area contributed by atoms with Crippen LogP contribution in [0.15, 0.2) is 5.16 Å². The van der Waals surface area contributed by atoms with E-state index in [0.717, 1.165) is 38.7 Å². The van der Waals surface area contributed by atoms with Crippen molar-refractivity contribution in [3.05, 3.63) is 0 Å². The lowest BCUT2D eigenvalue weighted by molar-refractivity contribution is -0.114.